The third-order valence-electron chi connectivity index (χ3n) is 5.70. The third-order valence-corrected chi connectivity index (χ3v) is 5.97. The van der Waals surface area contributed by atoms with E-state index in [9.17, 15) is 14.4 Å². The minimum Gasteiger partial charge on any atom is -0.497 e. The number of unbranched alkanes of at least 4 members (excludes halogenated alkanes) is 1. The van der Waals surface area contributed by atoms with Gasteiger partial charge in [-0.1, -0.05) is 0 Å². The number of aliphatic imine (C=N–C) groups is 1. The van der Waals surface area contributed by atoms with E-state index < -0.39 is 11.9 Å². The molecule has 0 saturated carbocycles. The number of halogens is 1. The van der Waals surface area contributed by atoms with Gasteiger partial charge in [-0.2, -0.15) is 0 Å². The van der Waals surface area contributed by atoms with Crippen molar-refractivity contribution in [2.45, 2.75) is 32.6 Å². The number of rotatable bonds is 10. The largest absolute Gasteiger partial charge is 0.497 e. The van der Waals surface area contributed by atoms with Gasteiger partial charge in [0.05, 0.1) is 19.4 Å². The summed E-state index contributed by atoms with van der Waals surface area (Å²) in [5.74, 6) is -0.00841. The summed E-state index contributed by atoms with van der Waals surface area (Å²) >= 11 is 5.66. The van der Waals surface area contributed by atoms with E-state index in [1.54, 1.807) is 67.5 Å². The fraction of sp³-hybridized carbons (Fsp3) is 0.333. The molecule has 1 saturated heterocycles. The summed E-state index contributed by atoms with van der Waals surface area (Å²) in [6.45, 7) is 2.13. The molecular weight excluding hydrogens is 496 g/mol. The number of nitrogens with zero attached hydrogens (tertiary/aromatic N) is 2. The summed E-state index contributed by atoms with van der Waals surface area (Å²) in [4.78, 5) is 44.2. The Morgan fingerprint density at radius 1 is 1.11 bits per heavy atom. The molecule has 2 amide bonds. The Hall–Kier alpha value is -3.85. The molecule has 0 spiro atoms. The zero-order valence-corrected chi connectivity index (χ0v) is 21.7. The number of hydrogen-bond acceptors (Lipinski definition) is 7. The average Bonchev–Trinajstić information content (AvgIpc) is 2.90. The van der Waals surface area contributed by atoms with Gasteiger partial charge in [0.1, 0.15) is 17.2 Å². The van der Waals surface area contributed by atoms with Crippen LogP contribution in [0.5, 0.6) is 5.75 Å². The van der Waals surface area contributed by atoms with Crippen molar-refractivity contribution in [3.8, 4) is 5.75 Å². The second-order valence-electron chi connectivity index (χ2n) is 8.22. The lowest BCUT2D eigenvalue weighted by molar-refractivity contribution is -0.138. The number of carbonyl (C=O) groups is 3. The summed E-state index contributed by atoms with van der Waals surface area (Å²) in [5, 5.41) is 2.84. The highest BCUT2D eigenvalue weighted by Gasteiger charge is 2.33. The minimum absolute atomic E-state index is 0.0682. The molecule has 2 aromatic rings. The summed E-state index contributed by atoms with van der Waals surface area (Å²) in [5.41, 5.74) is 8.15. The Labute approximate surface area is 221 Å². The summed E-state index contributed by atoms with van der Waals surface area (Å²) in [7, 11) is 1.56. The molecule has 1 heterocycles. The zero-order valence-electron chi connectivity index (χ0n) is 21.0. The van der Waals surface area contributed by atoms with Crippen molar-refractivity contribution in [2.24, 2.45) is 10.7 Å². The lowest BCUT2D eigenvalue weighted by Crippen LogP contribution is -2.44. The number of nitrogens with one attached hydrogen (secondary N) is 1. The fourth-order valence-electron chi connectivity index (χ4n) is 3.77. The van der Waals surface area contributed by atoms with Gasteiger partial charge in [0.25, 0.3) is 5.91 Å². The van der Waals surface area contributed by atoms with E-state index in [2.05, 4.69) is 10.3 Å². The van der Waals surface area contributed by atoms with Crippen LogP contribution in [0.2, 0.25) is 0 Å². The molecule has 1 fully saturated rings. The summed E-state index contributed by atoms with van der Waals surface area (Å²) < 4.78 is 10.2. The second-order valence-corrected chi connectivity index (χ2v) is 8.60. The SMILES string of the molecule is CCOC(=O)C(N)=C1CCN(c2ccc(NC(=O)CCCCCl)cc2)C(=O)C1=Nc1ccc(OC)cc1. The normalized spacial score (nSPS) is 15.9. The highest BCUT2D eigenvalue weighted by atomic mass is 35.5. The third kappa shape index (κ3) is 7.33. The fourth-order valence-corrected chi connectivity index (χ4v) is 3.96. The van der Waals surface area contributed by atoms with Crippen molar-refractivity contribution in [3.05, 3.63) is 59.8 Å². The van der Waals surface area contributed by atoms with E-state index in [0.29, 0.717) is 53.7 Å². The van der Waals surface area contributed by atoms with Gasteiger partial charge in [-0.05, 0) is 74.7 Å². The molecule has 0 atom stereocenters. The lowest BCUT2D eigenvalue weighted by Gasteiger charge is -2.30. The number of benzene rings is 2. The predicted molar refractivity (Wildman–Crippen MR) is 145 cm³/mol. The van der Waals surface area contributed by atoms with Crippen LogP contribution in [0, 0.1) is 0 Å². The van der Waals surface area contributed by atoms with Crippen LogP contribution in [0.3, 0.4) is 0 Å². The molecule has 37 heavy (non-hydrogen) atoms. The first-order valence-electron chi connectivity index (χ1n) is 12.0. The number of nitrogens with two attached hydrogens (primary N) is 1. The molecule has 0 radical (unpaired) electrons. The van der Waals surface area contributed by atoms with Crippen LogP contribution >= 0.6 is 11.6 Å². The number of amides is 2. The van der Waals surface area contributed by atoms with Crippen LogP contribution in [-0.2, 0) is 19.1 Å². The van der Waals surface area contributed by atoms with Crippen LogP contribution in [0.4, 0.5) is 17.1 Å². The van der Waals surface area contributed by atoms with E-state index in [1.165, 1.54) is 0 Å². The molecule has 0 bridgehead atoms. The number of esters is 1. The molecule has 2 aromatic carbocycles. The number of ether oxygens (including phenoxy) is 2. The first kappa shape index (κ1) is 27.7. The van der Waals surface area contributed by atoms with Crippen LogP contribution in [0.15, 0.2) is 64.8 Å². The van der Waals surface area contributed by atoms with E-state index in [1.807, 2.05) is 0 Å². The molecule has 0 unspecified atom stereocenters. The molecular formula is C27H31ClN4O5. The van der Waals surface area contributed by atoms with E-state index in [-0.39, 0.29) is 23.9 Å². The lowest BCUT2D eigenvalue weighted by atomic mass is 9.97. The van der Waals surface area contributed by atoms with Gasteiger partial charge < -0.3 is 25.4 Å². The van der Waals surface area contributed by atoms with Crippen molar-refractivity contribution >= 4 is 52.2 Å². The molecule has 0 aromatic heterocycles. The Kier molecular flexibility index (Phi) is 10.1. The Balaban J connectivity index is 1.87. The first-order valence-corrected chi connectivity index (χ1v) is 12.6. The number of anilines is 2. The molecule has 1 aliphatic heterocycles. The van der Waals surface area contributed by atoms with Gasteiger partial charge >= 0.3 is 5.97 Å². The van der Waals surface area contributed by atoms with Gasteiger partial charge in [-0.15, -0.1) is 11.6 Å². The smallest absolute Gasteiger partial charge is 0.354 e. The first-order chi connectivity index (χ1) is 17.9. The summed E-state index contributed by atoms with van der Waals surface area (Å²) in [6, 6.07) is 13.8. The Morgan fingerprint density at radius 3 is 2.43 bits per heavy atom. The second kappa shape index (κ2) is 13.5. The maximum atomic E-state index is 13.6. The van der Waals surface area contributed by atoms with E-state index in [4.69, 9.17) is 26.8 Å². The van der Waals surface area contributed by atoms with E-state index in [0.717, 1.165) is 12.8 Å². The maximum Gasteiger partial charge on any atom is 0.354 e. The van der Waals surface area contributed by atoms with Gasteiger partial charge in [-0.3, -0.25) is 9.59 Å². The van der Waals surface area contributed by atoms with E-state index >= 15 is 0 Å². The monoisotopic (exact) mass is 526 g/mol. The quantitative estimate of drug-likeness (QED) is 0.205. The van der Waals surface area contributed by atoms with Gasteiger partial charge in [0.15, 0.2) is 0 Å². The number of piperidine rings is 1. The highest BCUT2D eigenvalue weighted by Crippen LogP contribution is 2.28. The standard InChI is InChI=1S/C27H31ClN4O5/c1-3-37-27(35)24(29)22-15-17-32(26(34)25(22)31-19-9-13-21(36-2)14-10-19)20-11-7-18(8-12-20)30-23(33)6-4-5-16-28/h7-14H,3-6,15-17,29H2,1-2H3,(H,30,33). The molecule has 10 heteroatoms. The van der Waals surface area contributed by atoms with Gasteiger partial charge in [0, 0.05) is 35.8 Å². The molecule has 196 valence electrons. The average molecular weight is 527 g/mol. The Bertz CT molecular complexity index is 1180. The highest BCUT2D eigenvalue weighted by molar-refractivity contribution is 6.51. The minimum atomic E-state index is -0.688. The van der Waals surface area contributed by atoms with Crippen molar-refractivity contribution in [3.63, 3.8) is 0 Å². The Morgan fingerprint density at radius 2 is 1.81 bits per heavy atom. The maximum absolute atomic E-state index is 13.6. The predicted octanol–water partition coefficient (Wildman–Crippen LogP) is 4.33. The molecule has 1 aliphatic rings. The van der Waals surface area contributed by atoms with Crippen LogP contribution in [0.25, 0.3) is 0 Å². The molecule has 3 rings (SSSR count). The van der Waals surface area contributed by atoms with Crippen LogP contribution in [0.1, 0.15) is 32.6 Å². The number of methoxy groups -OCH3 is 1. The molecule has 3 N–H and O–H groups in total. The number of alkyl halides is 1. The summed E-state index contributed by atoms with van der Waals surface area (Å²) in [6.07, 6.45) is 2.20. The molecule has 9 nitrogen and oxygen atoms in total. The van der Waals surface area contributed by atoms with Crippen molar-refractivity contribution in [1.82, 2.24) is 0 Å². The van der Waals surface area contributed by atoms with Gasteiger partial charge in [-0.25, -0.2) is 9.79 Å². The topological polar surface area (TPSA) is 123 Å². The van der Waals surface area contributed by atoms with Crippen molar-refractivity contribution < 1.29 is 23.9 Å². The van der Waals surface area contributed by atoms with Crippen molar-refractivity contribution in [2.75, 3.05) is 36.4 Å². The zero-order chi connectivity index (χ0) is 26.8. The molecule has 0 aliphatic carbocycles. The number of hydrogen-bond donors (Lipinski definition) is 2. The van der Waals surface area contributed by atoms with Crippen molar-refractivity contribution in [1.29, 1.82) is 0 Å². The van der Waals surface area contributed by atoms with Gasteiger partial charge in [0.2, 0.25) is 5.91 Å². The van der Waals surface area contributed by atoms with Crippen LogP contribution in [-0.4, -0.2) is 49.6 Å². The number of carbonyl (C=O) groups excluding carboxylic acids is 3. The van der Waals surface area contributed by atoms with Crippen LogP contribution < -0.4 is 20.7 Å².